The van der Waals surface area contributed by atoms with Crippen LogP contribution < -0.4 is 5.32 Å². The lowest BCUT2D eigenvalue weighted by Gasteiger charge is -2.24. The highest BCUT2D eigenvalue weighted by Crippen LogP contribution is 2.08. The molecular formula is C13H22N4O2. The van der Waals surface area contributed by atoms with Crippen molar-refractivity contribution in [3.63, 3.8) is 0 Å². The van der Waals surface area contributed by atoms with Gasteiger partial charge in [0.1, 0.15) is 6.61 Å². The maximum Gasteiger partial charge on any atom is 0.248 e. The van der Waals surface area contributed by atoms with Gasteiger partial charge in [0.2, 0.25) is 5.91 Å². The minimum absolute atomic E-state index is 0.0161. The molecule has 6 nitrogen and oxygen atoms in total. The van der Waals surface area contributed by atoms with Gasteiger partial charge in [0, 0.05) is 32.4 Å². The van der Waals surface area contributed by atoms with Crippen LogP contribution >= 0.6 is 0 Å². The number of hydrogen-bond donors (Lipinski definition) is 1. The summed E-state index contributed by atoms with van der Waals surface area (Å²) in [6.07, 6.45) is 5.88. The van der Waals surface area contributed by atoms with E-state index in [1.165, 1.54) is 0 Å². The van der Waals surface area contributed by atoms with Gasteiger partial charge in [0.05, 0.1) is 12.3 Å². The molecule has 1 saturated heterocycles. The third-order valence-electron chi connectivity index (χ3n) is 3.33. The Hall–Kier alpha value is -1.40. The largest absolute Gasteiger partial charge is 0.368 e. The second kappa shape index (κ2) is 6.68. The fourth-order valence-electron chi connectivity index (χ4n) is 2.18. The minimum Gasteiger partial charge on any atom is -0.368 e. The zero-order valence-corrected chi connectivity index (χ0v) is 11.6. The van der Waals surface area contributed by atoms with Crippen molar-refractivity contribution in [1.82, 2.24) is 20.0 Å². The second-order valence-corrected chi connectivity index (χ2v) is 5.03. The van der Waals surface area contributed by atoms with Crippen molar-refractivity contribution in [3.8, 4) is 0 Å². The third kappa shape index (κ3) is 4.33. The molecule has 1 aliphatic heterocycles. The number of nitrogens with zero attached hydrogens (tertiary/aromatic N) is 3. The first-order chi connectivity index (χ1) is 9.15. The summed E-state index contributed by atoms with van der Waals surface area (Å²) in [5.74, 6) is 0.0161. The van der Waals surface area contributed by atoms with Crippen LogP contribution in [0.5, 0.6) is 0 Å². The van der Waals surface area contributed by atoms with Gasteiger partial charge < -0.3 is 15.0 Å². The van der Waals surface area contributed by atoms with E-state index in [2.05, 4.69) is 10.4 Å². The smallest absolute Gasteiger partial charge is 0.248 e. The van der Waals surface area contributed by atoms with Crippen LogP contribution in [0, 0.1) is 0 Å². The summed E-state index contributed by atoms with van der Waals surface area (Å²) in [5, 5.41) is 7.36. The summed E-state index contributed by atoms with van der Waals surface area (Å²) < 4.78 is 7.39. The number of piperidine rings is 1. The Bertz CT molecular complexity index is 413. The van der Waals surface area contributed by atoms with Crippen molar-refractivity contribution in [2.75, 3.05) is 26.7 Å². The molecule has 0 spiro atoms. The van der Waals surface area contributed by atoms with E-state index in [1.807, 2.05) is 13.2 Å². The highest BCUT2D eigenvalue weighted by molar-refractivity contribution is 5.77. The van der Waals surface area contributed by atoms with Crippen LogP contribution in [0.3, 0.4) is 0 Å². The van der Waals surface area contributed by atoms with E-state index >= 15 is 0 Å². The van der Waals surface area contributed by atoms with Crippen molar-refractivity contribution in [3.05, 3.63) is 18.0 Å². The maximum absolute atomic E-state index is 12.0. The number of hydrogen-bond acceptors (Lipinski definition) is 4. The van der Waals surface area contributed by atoms with Crippen LogP contribution in [0.15, 0.2) is 12.4 Å². The number of amides is 1. The summed E-state index contributed by atoms with van der Waals surface area (Å²) in [5.41, 5.74) is 1.03. The quantitative estimate of drug-likeness (QED) is 0.824. The van der Waals surface area contributed by atoms with E-state index in [1.54, 1.807) is 22.8 Å². The number of carbonyl (C=O) groups excluding carboxylic acids is 1. The normalized spacial score (nSPS) is 16.5. The number of nitrogens with one attached hydrogen (secondary N) is 1. The molecule has 0 bridgehead atoms. The third-order valence-corrected chi connectivity index (χ3v) is 3.33. The number of aryl methyl sites for hydroxylation is 1. The standard InChI is InChI=1S/C13H22N4O2/c1-16(8-11-7-15-17(2)9-11)13(18)10-19-12-3-5-14-6-4-12/h7,9,12,14H,3-6,8,10H2,1-2H3. The van der Waals surface area contributed by atoms with Gasteiger partial charge in [-0.25, -0.2) is 0 Å². The summed E-state index contributed by atoms with van der Waals surface area (Å²) >= 11 is 0. The van der Waals surface area contributed by atoms with E-state index in [-0.39, 0.29) is 18.6 Å². The first-order valence-electron chi connectivity index (χ1n) is 6.69. The van der Waals surface area contributed by atoms with E-state index < -0.39 is 0 Å². The zero-order chi connectivity index (χ0) is 13.7. The van der Waals surface area contributed by atoms with Gasteiger partial charge in [-0.1, -0.05) is 0 Å². The summed E-state index contributed by atoms with van der Waals surface area (Å²) in [7, 11) is 3.66. The summed E-state index contributed by atoms with van der Waals surface area (Å²) in [6, 6.07) is 0. The molecule has 19 heavy (non-hydrogen) atoms. The Labute approximate surface area is 113 Å². The molecule has 0 radical (unpaired) electrons. The van der Waals surface area contributed by atoms with Crippen LogP contribution in [0.25, 0.3) is 0 Å². The van der Waals surface area contributed by atoms with Crippen LogP contribution in [-0.4, -0.2) is 53.4 Å². The average Bonchev–Trinajstić information content (AvgIpc) is 2.82. The number of ether oxygens (including phenoxy) is 1. The lowest BCUT2D eigenvalue weighted by Crippen LogP contribution is -2.36. The average molecular weight is 266 g/mol. The van der Waals surface area contributed by atoms with Crippen LogP contribution in [0.2, 0.25) is 0 Å². The second-order valence-electron chi connectivity index (χ2n) is 5.03. The van der Waals surface area contributed by atoms with Crippen molar-refractivity contribution in [2.45, 2.75) is 25.5 Å². The van der Waals surface area contributed by atoms with E-state index in [9.17, 15) is 4.79 Å². The van der Waals surface area contributed by atoms with Crippen LogP contribution in [-0.2, 0) is 23.1 Å². The van der Waals surface area contributed by atoms with Crippen LogP contribution in [0.1, 0.15) is 18.4 Å². The molecule has 1 N–H and O–H groups in total. The number of likely N-dealkylation sites (N-methyl/N-ethyl adjacent to an activating group) is 1. The van der Waals surface area contributed by atoms with Gasteiger partial charge >= 0.3 is 0 Å². The molecule has 2 rings (SSSR count). The minimum atomic E-state index is 0.0161. The first-order valence-corrected chi connectivity index (χ1v) is 6.69. The predicted octanol–water partition coefficient (Wildman–Crippen LogP) is 0.147. The molecule has 0 aliphatic carbocycles. The number of aromatic nitrogens is 2. The molecule has 1 aromatic rings. The van der Waals surface area contributed by atoms with Crippen molar-refractivity contribution < 1.29 is 9.53 Å². The molecule has 1 amide bonds. The highest BCUT2D eigenvalue weighted by Gasteiger charge is 2.16. The lowest BCUT2D eigenvalue weighted by molar-refractivity contribution is -0.137. The topological polar surface area (TPSA) is 59.4 Å². The summed E-state index contributed by atoms with van der Waals surface area (Å²) in [4.78, 5) is 13.6. The Morgan fingerprint density at radius 3 is 2.95 bits per heavy atom. The molecule has 1 aromatic heterocycles. The number of carbonyl (C=O) groups is 1. The predicted molar refractivity (Wildman–Crippen MR) is 71.5 cm³/mol. The molecule has 6 heteroatoms. The first kappa shape index (κ1) is 14.0. The monoisotopic (exact) mass is 266 g/mol. The maximum atomic E-state index is 12.0. The van der Waals surface area contributed by atoms with Gasteiger partial charge in [-0.3, -0.25) is 9.48 Å². The van der Waals surface area contributed by atoms with Crippen molar-refractivity contribution in [2.24, 2.45) is 7.05 Å². The van der Waals surface area contributed by atoms with Crippen LogP contribution in [0.4, 0.5) is 0 Å². The fraction of sp³-hybridized carbons (Fsp3) is 0.692. The molecule has 1 fully saturated rings. The SMILES string of the molecule is CN(Cc1cnn(C)c1)C(=O)COC1CCNCC1. The molecule has 106 valence electrons. The van der Waals surface area contributed by atoms with Crippen molar-refractivity contribution in [1.29, 1.82) is 0 Å². The van der Waals surface area contributed by atoms with E-state index in [4.69, 9.17) is 4.74 Å². The van der Waals surface area contributed by atoms with E-state index in [0.717, 1.165) is 31.5 Å². The Morgan fingerprint density at radius 1 is 1.58 bits per heavy atom. The van der Waals surface area contributed by atoms with Gasteiger partial charge in [-0.05, 0) is 25.9 Å². The number of rotatable bonds is 5. The zero-order valence-electron chi connectivity index (χ0n) is 11.6. The summed E-state index contributed by atoms with van der Waals surface area (Å²) in [6.45, 7) is 2.69. The lowest BCUT2D eigenvalue weighted by atomic mass is 10.1. The molecule has 1 aliphatic rings. The Morgan fingerprint density at radius 2 is 2.32 bits per heavy atom. The van der Waals surface area contributed by atoms with Gasteiger partial charge in [-0.2, -0.15) is 5.10 Å². The molecule has 0 aromatic carbocycles. The fourth-order valence-corrected chi connectivity index (χ4v) is 2.18. The molecule has 0 atom stereocenters. The molecule has 2 heterocycles. The van der Waals surface area contributed by atoms with Gasteiger partial charge in [-0.15, -0.1) is 0 Å². The Kier molecular flexibility index (Phi) is 4.93. The molecular weight excluding hydrogens is 244 g/mol. The van der Waals surface area contributed by atoms with Gasteiger partial charge in [0.15, 0.2) is 0 Å². The highest BCUT2D eigenvalue weighted by atomic mass is 16.5. The van der Waals surface area contributed by atoms with E-state index in [0.29, 0.717) is 6.54 Å². The van der Waals surface area contributed by atoms with Gasteiger partial charge in [0.25, 0.3) is 0 Å². The molecule has 0 saturated carbocycles. The molecule has 0 unspecified atom stereocenters. The van der Waals surface area contributed by atoms with Crippen molar-refractivity contribution >= 4 is 5.91 Å². The Balaban J connectivity index is 1.72.